The van der Waals surface area contributed by atoms with E-state index in [1.165, 1.54) is 17.4 Å². The number of hydrogen-bond donors (Lipinski definition) is 2. The molecule has 0 aliphatic rings. The van der Waals surface area contributed by atoms with E-state index in [2.05, 4.69) is 39.5 Å². The van der Waals surface area contributed by atoms with Gasteiger partial charge in [0.05, 0.1) is 22.4 Å². The van der Waals surface area contributed by atoms with E-state index >= 15 is 0 Å². The number of thiophene rings is 1. The van der Waals surface area contributed by atoms with Crippen LogP contribution in [-0.2, 0) is 12.7 Å². The molecule has 3 rings (SSSR count). The highest BCUT2D eigenvalue weighted by molar-refractivity contribution is 7.15. The normalized spacial score (nSPS) is 12.0. The van der Waals surface area contributed by atoms with Crippen LogP contribution in [-0.4, -0.2) is 61.1 Å². The molecule has 0 fully saturated rings. The number of carbonyl (C=O) groups is 2. The molecule has 2 aromatic carbocycles. The zero-order valence-electron chi connectivity index (χ0n) is 23.3. The molecule has 0 radical (unpaired) electrons. The van der Waals surface area contributed by atoms with Gasteiger partial charge in [0, 0.05) is 25.2 Å². The first-order valence-corrected chi connectivity index (χ1v) is 14.3. The van der Waals surface area contributed by atoms with Gasteiger partial charge in [-0.1, -0.05) is 43.6 Å². The van der Waals surface area contributed by atoms with Crippen molar-refractivity contribution in [2.75, 3.05) is 38.5 Å². The summed E-state index contributed by atoms with van der Waals surface area (Å²) in [5, 5.41) is 8.24. The van der Waals surface area contributed by atoms with Crippen LogP contribution in [0.4, 0.5) is 18.2 Å². The Kier molecular flexibility index (Phi) is 11.5. The smallest absolute Gasteiger partial charge is 0.313 e. The molecule has 0 unspecified atom stereocenters. The van der Waals surface area contributed by atoms with E-state index in [4.69, 9.17) is 11.6 Å². The fourth-order valence-corrected chi connectivity index (χ4v) is 5.27. The lowest BCUT2D eigenvalue weighted by Crippen LogP contribution is -2.32. The van der Waals surface area contributed by atoms with Crippen molar-refractivity contribution in [1.29, 1.82) is 0 Å². The Morgan fingerprint density at radius 2 is 1.80 bits per heavy atom. The molecule has 0 spiro atoms. The summed E-state index contributed by atoms with van der Waals surface area (Å²) in [4.78, 5) is 30.5. The highest BCUT2D eigenvalue weighted by Gasteiger charge is 2.33. The van der Waals surface area contributed by atoms with Crippen molar-refractivity contribution in [3.05, 3.63) is 86.2 Å². The summed E-state index contributed by atoms with van der Waals surface area (Å²) in [6.45, 7) is 10.5. The van der Waals surface area contributed by atoms with Crippen molar-refractivity contribution in [2.24, 2.45) is 5.10 Å². The SMILES string of the molecule is CCN(CC)CCN(C)Cc1cccc(C(=O)Nc2scc(C)c2C(=O)N/N=C/c2ccc(Cl)c(C(F)(F)F)c2)c1. The Morgan fingerprint density at radius 1 is 1.07 bits per heavy atom. The first-order valence-electron chi connectivity index (χ1n) is 13.0. The molecule has 0 aliphatic carbocycles. The Bertz CT molecular complexity index is 1390. The Hall–Kier alpha value is -3.25. The molecular formula is C29H33ClF3N5O2S. The van der Waals surface area contributed by atoms with Crippen molar-refractivity contribution in [3.63, 3.8) is 0 Å². The fraction of sp³-hybridized carbons (Fsp3) is 0.345. The average molecular weight is 608 g/mol. The van der Waals surface area contributed by atoms with E-state index in [0.29, 0.717) is 22.7 Å². The van der Waals surface area contributed by atoms with Gasteiger partial charge in [0.25, 0.3) is 11.8 Å². The summed E-state index contributed by atoms with van der Waals surface area (Å²) >= 11 is 6.84. The molecule has 1 heterocycles. The van der Waals surface area contributed by atoms with Gasteiger partial charge in [-0.15, -0.1) is 11.3 Å². The zero-order chi connectivity index (χ0) is 30.2. The number of halogens is 4. The monoisotopic (exact) mass is 607 g/mol. The second kappa shape index (κ2) is 14.6. The minimum atomic E-state index is -4.62. The molecule has 220 valence electrons. The number of alkyl halides is 3. The number of nitrogens with one attached hydrogen (secondary N) is 2. The maximum Gasteiger partial charge on any atom is 0.417 e. The summed E-state index contributed by atoms with van der Waals surface area (Å²) in [6, 6.07) is 10.6. The number of carbonyl (C=O) groups excluding carboxylic acids is 2. The average Bonchev–Trinajstić information content (AvgIpc) is 3.29. The van der Waals surface area contributed by atoms with Crippen molar-refractivity contribution in [2.45, 2.75) is 33.5 Å². The molecule has 0 saturated heterocycles. The Morgan fingerprint density at radius 3 is 2.49 bits per heavy atom. The number of hydrogen-bond acceptors (Lipinski definition) is 6. The summed E-state index contributed by atoms with van der Waals surface area (Å²) in [5.74, 6) is -0.971. The van der Waals surface area contributed by atoms with Crippen LogP contribution in [0.1, 0.15) is 56.8 Å². The van der Waals surface area contributed by atoms with Crippen LogP contribution < -0.4 is 10.7 Å². The predicted octanol–water partition coefficient (Wildman–Crippen LogP) is 6.52. The van der Waals surface area contributed by atoms with E-state index in [0.717, 1.165) is 50.1 Å². The molecule has 2 N–H and O–H groups in total. The minimum Gasteiger partial charge on any atom is -0.313 e. The number of benzene rings is 2. The standard InChI is InChI=1S/C29H33ClF3N5O2S/c1-5-38(6-2)13-12-37(4)17-21-8-7-9-22(14-21)26(39)35-28-25(19(3)18-41-28)27(40)36-34-16-20-10-11-24(30)23(15-20)29(31,32)33/h7-11,14-16,18H,5-6,12-13,17H2,1-4H3,(H,35,39)(H,36,40)/b34-16+. The molecule has 12 heteroatoms. The van der Waals surface area contributed by atoms with Gasteiger partial charge in [-0.3, -0.25) is 9.59 Å². The topological polar surface area (TPSA) is 77.0 Å². The summed E-state index contributed by atoms with van der Waals surface area (Å²) in [7, 11) is 2.04. The van der Waals surface area contributed by atoms with E-state index in [9.17, 15) is 22.8 Å². The van der Waals surface area contributed by atoms with Gasteiger partial charge in [0.15, 0.2) is 0 Å². The summed E-state index contributed by atoms with van der Waals surface area (Å²) < 4.78 is 39.3. The Labute approximate surface area is 247 Å². The van der Waals surface area contributed by atoms with Crippen molar-refractivity contribution < 1.29 is 22.8 Å². The number of nitrogens with zero attached hydrogens (tertiary/aromatic N) is 3. The van der Waals surface area contributed by atoms with Gasteiger partial charge in [0.2, 0.25) is 0 Å². The highest BCUT2D eigenvalue weighted by atomic mass is 35.5. The second-order valence-corrected chi connectivity index (χ2v) is 10.8. The molecule has 1 aromatic heterocycles. The summed E-state index contributed by atoms with van der Waals surface area (Å²) in [6.07, 6.45) is -3.53. The van der Waals surface area contributed by atoms with Crippen LogP contribution in [0, 0.1) is 6.92 Å². The van der Waals surface area contributed by atoms with Crippen LogP contribution in [0.2, 0.25) is 5.02 Å². The number of amides is 2. The van der Waals surface area contributed by atoms with Crippen molar-refractivity contribution in [3.8, 4) is 0 Å². The molecule has 0 aliphatic heterocycles. The number of likely N-dealkylation sites (N-methyl/N-ethyl adjacent to an activating group) is 2. The number of aryl methyl sites for hydroxylation is 1. The second-order valence-electron chi connectivity index (χ2n) is 9.48. The third-order valence-corrected chi connectivity index (χ3v) is 7.78. The quantitative estimate of drug-likeness (QED) is 0.182. The molecule has 2 amide bonds. The van der Waals surface area contributed by atoms with Crippen LogP contribution in [0.3, 0.4) is 0 Å². The lowest BCUT2D eigenvalue weighted by atomic mass is 10.1. The van der Waals surface area contributed by atoms with Gasteiger partial charge >= 0.3 is 6.18 Å². The zero-order valence-corrected chi connectivity index (χ0v) is 24.9. The summed E-state index contributed by atoms with van der Waals surface area (Å²) in [5.41, 5.74) is 3.72. The molecule has 3 aromatic rings. The van der Waals surface area contributed by atoms with Gasteiger partial charge in [-0.2, -0.15) is 18.3 Å². The molecule has 41 heavy (non-hydrogen) atoms. The fourth-order valence-electron chi connectivity index (χ4n) is 4.11. The highest BCUT2D eigenvalue weighted by Crippen LogP contribution is 2.35. The third kappa shape index (κ3) is 9.12. The Balaban J connectivity index is 1.65. The maximum atomic E-state index is 13.1. The van der Waals surface area contributed by atoms with Gasteiger partial charge in [0.1, 0.15) is 5.00 Å². The van der Waals surface area contributed by atoms with Gasteiger partial charge in [-0.25, -0.2) is 5.43 Å². The van der Waals surface area contributed by atoms with E-state index < -0.39 is 22.7 Å². The number of anilines is 1. The first kappa shape index (κ1) is 32.3. The molecule has 0 bridgehead atoms. The van der Waals surface area contributed by atoms with Gasteiger partial charge in [-0.05, 0) is 73.4 Å². The molecular weight excluding hydrogens is 575 g/mol. The molecule has 7 nitrogen and oxygen atoms in total. The lowest BCUT2D eigenvalue weighted by Gasteiger charge is -2.23. The van der Waals surface area contributed by atoms with E-state index in [1.807, 2.05) is 25.2 Å². The third-order valence-electron chi connectivity index (χ3n) is 6.44. The predicted molar refractivity (Wildman–Crippen MR) is 159 cm³/mol. The van der Waals surface area contributed by atoms with Crippen LogP contribution in [0.25, 0.3) is 0 Å². The van der Waals surface area contributed by atoms with E-state index in [1.54, 1.807) is 18.4 Å². The van der Waals surface area contributed by atoms with Gasteiger partial charge < -0.3 is 15.1 Å². The minimum absolute atomic E-state index is 0.108. The molecule has 0 saturated carbocycles. The van der Waals surface area contributed by atoms with Crippen LogP contribution >= 0.6 is 22.9 Å². The molecule has 0 atom stereocenters. The lowest BCUT2D eigenvalue weighted by molar-refractivity contribution is -0.137. The number of hydrazone groups is 1. The van der Waals surface area contributed by atoms with Crippen LogP contribution in [0.5, 0.6) is 0 Å². The first-order chi connectivity index (χ1) is 19.4. The number of rotatable bonds is 12. The van der Waals surface area contributed by atoms with E-state index in [-0.39, 0.29) is 17.0 Å². The largest absolute Gasteiger partial charge is 0.417 e. The van der Waals surface area contributed by atoms with Crippen LogP contribution in [0.15, 0.2) is 52.9 Å². The van der Waals surface area contributed by atoms with Crippen molar-refractivity contribution in [1.82, 2.24) is 15.2 Å². The van der Waals surface area contributed by atoms with Crippen molar-refractivity contribution >= 4 is 46.0 Å². The maximum absolute atomic E-state index is 13.1.